The lowest BCUT2D eigenvalue weighted by Crippen LogP contribution is -2.22. The predicted molar refractivity (Wildman–Crippen MR) is 152 cm³/mol. The van der Waals surface area contributed by atoms with Crippen LogP contribution in [-0.4, -0.2) is 27.4 Å². The number of nitrogens with zero attached hydrogens (tertiary/aromatic N) is 1. The molecule has 3 N–H and O–H groups in total. The lowest BCUT2D eigenvalue weighted by atomic mass is 10.1. The molecule has 3 aromatic carbocycles. The van der Waals surface area contributed by atoms with Gasteiger partial charge >= 0.3 is 6.09 Å². The number of amides is 2. The number of hydrogen-bond acceptors (Lipinski definition) is 5. The van der Waals surface area contributed by atoms with Gasteiger partial charge in [0.05, 0.1) is 5.52 Å². The number of benzene rings is 3. The van der Waals surface area contributed by atoms with E-state index in [1.807, 2.05) is 84.9 Å². The van der Waals surface area contributed by atoms with Crippen LogP contribution in [0.25, 0.3) is 10.9 Å². The number of primary amides is 1. The fourth-order valence-electron chi connectivity index (χ4n) is 4.53. The zero-order valence-corrected chi connectivity index (χ0v) is 22.1. The van der Waals surface area contributed by atoms with Gasteiger partial charge in [-0.25, -0.2) is 4.79 Å². The summed E-state index contributed by atoms with van der Waals surface area (Å²) in [4.78, 5) is 36.8. The zero-order valence-electron chi connectivity index (χ0n) is 21.3. The third-order valence-corrected chi connectivity index (χ3v) is 7.19. The quantitative estimate of drug-likeness (QED) is 0.253. The highest BCUT2D eigenvalue weighted by Gasteiger charge is 2.25. The highest BCUT2D eigenvalue weighted by molar-refractivity contribution is 8.13. The maximum absolute atomic E-state index is 13.1. The van der Waals surface area contributed by atoms with E-state index in [0.29, 0.717) is 24.4 Å². The third-order valence-electron chi connectivity index (χ3n) is 6.23. The van der Waals surface area contributed by atoms with E-state index in [-0.39, 0.29) is 24.2 Å². The smallest absolute Gasteiger partial charge is 0.413 e. The molecule has 1 atom stereocenters. The Morgan fingerprint density at radius 1 is 0.921 bits per heavy atom. The van der Waals surface area contributed by atoms with Crippen LogP contribution in [0.4, 0.5) is 10.6 Å². The summed E-state index contributed by atoms with van der Waals surface area (Å²) in [5, 5.41) is 3.91. The molecular weight excluding hydrogens is 498 g/mol. The fraction of sp³-hybridized carbons (Fsp3) is 0.233. The van der Waals surface area contributed by atoms with Crippen molar-refractivity contribution in [3.05, 3.63) is 102 Å². The van der Waals surface area contributed by atoms with Crippen molar-refractivity contribution in [2.75, 3.05) is 11.1 Å². The molecule has 4 rings (SSSR count). The molecule has 0 aliphatic carbocycles. The molecule has 38 heavy (non-hydrogen) atoms. The molecule has 0 fully saturated rings. The van der Waals surface area contributed by atoms with Gasteiger partial charge in [0.1, 0.15) is 12.4 Å². The zero-order chi connectivity index (χ0) is 26.9. The number of nitrogens with one attached hydrogen (secondary N) is 1. The summed E-state index contributed by atoms with van der Waals surface area (Å²) in [6.45, 7) is 1.67. The monoisotopic (exact) mass is 529 g/mol. The second-order valence-corrected chi connectivity index (χ2v) is 10.2. The second kappa shape index (κ2) is 13.0. The SMILES string of the molecule is CC(=O)SCC(Cc1ccccc1)n1c(NC(=O)OCc2ccccc2)c(CCC(N)=O)c2ccccc21. The van der Waals surface area contributed by atoms with Crippen molar-refractivity contribution in [3.63, 3.8) is 0 Å². The molecule has 196 valence electrons. The van der Waals surface area contributed by atoms with E-state index in [0.717, 1.165) is 27.6 Å². The number of aromatic nitrogens is 1. The molecule has 0 aliphatic heterocycles. The molecule has 4 aromatic rings. The summed E-state index contributed by atoms with van der Waals surface area (Å²) >= 11 is 1.25. The number of fused-ring (bicyclic) bond motifs is 1. The number of carbonyl (C=O) groups is 3. The second-order valence-electron chi connectivity index (χ2n) is 9.01. The Balaban J connectivity index is 1.76. The molecule has 0 saturated carbocycles. The van der Waals surface area contributed by atoms with Crippen LogP contribution in [0.5, 0.6) is 0 Å². The first-order valence-electron chi connectivity index (χ1n) is 12.5. The molecule has 0 bridgehead atoms. The number of thioether (sulfide) groups is 1. The fourth-order valence-corrected chi connectivity index (χ4v) is 5.22. The summed E-state index contributed by atoms with van der Waals surface area (Å²) in [6, 6.07) is 27.1. The normalized spacial score (nSPS) is 11.7. The van der Waals surface area contributed by atoms with E-state index in [4.69, 9.17) is 10.5 Å². The first kappa shape index (κ1) is 27.0. The molecule has 8 heteroatoms. The largest absolute Gasteiger partial charge is 0.444 e. The van der Waals surface area contributed by atoms with Gasteiger partial charge in [-0.1, -0.05) is 90.6 Å². The Labute approximate surface area is 226 Å². The van der Waals surface area contributed by atoms with Crippen molar-refractivity contribution in [1.29, 1.82) is 0 Å². The van der Waals surface area contributed by atoms with Crippen LogP contribution in [0.15, 0.2) is 84.9 Å². The summed E-state index contributed by atoms with van der Waals surface area (Å²) < 4.78 is 7.61. The van der Waals surface area contributed by atoms with Crippen LogP contribution in [0.2, 0.25) is 0 Å². The van der Waals surface area contributed by atoms with Gasteiger partial charge in [0.25, 0.3) is 0 Å². The third kappa shape index (κ3) is 7.04. The van der Waals surface area contributed by atoms with Crippen LogP contribution in [0.3, 0.4) is 0 Å². The van der Waals surface area contributed by atoms with Gasteiger partial charge in [-0.05, 0) is 30.0 Å². The van der Waals surface area contributed by atoms with Crippen LogP contribution in [-0.2, 0) is 33.8 Å². The maximum Gasteiger partial charge on any atom is 0.413 e. The Morgan fingerprint density at radius 3 is 2.21 bits per heavy atom. The number of aryl methyl sites for hydroxylation is 1. The van der Waals surface area contributed by atoms with Crippen LogP contribution >= 0.6 is 11.8 Å². The molecule has 1 unspecified atom stereocenters. The van der Waals surface area contributed by atoms with E-state index in [2.05, 4.69) is 9.88 Å². The van der Waals surface area contributed by atoms with Crippen molar-refractivity contribution < 1.29 is 19.1 Å². The molecule has 0 radical (unpaired) electrons. The summed E-state index contributed by atoms with van der Waals surface area (Å²) in [7, 11) is 0. The van der Waals surface area contributed by atoms with Crippen LogP contribution in [0.1, 0.15) is 36.1 Å². The van der Waals surface area contributed by atoms with Gasteiger partial charge in [-0.15, -0.1) is 0 Å². The predicted octanol–water partition coefficient (Wildman–Crippen LogP) is 5.87. The van der Waals surface area contributed by atoms with Crippen LogP contribution in [0, 0.1) is 0 Å². The number of ether oxygens (including phenoxy) is 1. The molecule has 0 aliphatic rings. The summed E-state index contributed by atoms with van der Waals surface area (Å²) in [5.41, 5.74) is 9.18. The number of anilines is 1. The van der Waals surface area contributed by atoms with Crippen molar-refractivity contribution >= 4 is 45.6 Å². The number of hydrogen-bond donors (Lipinski definition) is 2. The Hall–Kier alpha value is -4.04. The standard InChI is InChI=1S/C30H31N3O4S/c1-21(34)38-20-24(18-22-10-4-2-5-11-22)33-27-15-9-8-14-25(27)26(16-17-28(31)35)29(33)32-30(36)37-19-23-12-6-3-7-13-23/h2-15,24H,16-20H2,1H3,(H2,31,35)(H,32,36). The van der Waals surface area contributed by atoms with E-state index in [1.54, 1.807) is 6.92 Å². The maximum atomic E-state index is 13.1. The van der Waals surface area contributed by atoms with Gasteiger partial charge in [0.15, 0.2) is 5.12 Å². The van der Waals surface area contributed by atoms with E-state index >= 15 is 0 Å². The molecule has 7 nitrogen and oxygen atoms in total. The lowest BCUT2D eigenvalue weighted by Gasteiger charge is -2.23. The topological polar surface area (TPSA) is 103 Å². The first-order chi connectivity index (χ1) is 18.4. The van der Waals surface area contributed by atoms with Crippen molar-refractivity contribution in [2.45, 2.75) is 38.8 Å². The molecule has 1 aromatic heterocycles. The van der Waals surface area contributed by atoms with Gasteiger partial charge in [0, 0.05) is 36.1 Å². The van der Waals surface area contributed by atoms with Crippen molar-refractivity contribution in [2.24, 2.45) is 5.73 Å². The van der Waals surface area contributed by atoms with Crippen molar-refractivity contribution in [3.8, 4) is 0 Å². The van der Waals surface area contributed by atoms with Gasteiger partial charge < -0.3 is 15.0 Å². The lowest BCUT2D eigenvalue weighted by molar-refractivity contribution is -0.118. The minimum absolute atomic E-state index is 0.0188. The minimum atomic E-state index is -0.601. The molecular formula is C30H31N3O4S. The molecule has 0 spiro atoms. The van der Waals surface area contributed by atoms with Crippen molar-refractivity contribution in [1.82, 2.24) is 4.57 Å². The van der Waals surface area contributed by atoms with Crippen LogP contribution < -0.4 is 11.1 Å². The van der Waals surface area contributed by atoms with E-state index in [1.165, 1.54) is 11.8 Å². The molecule has 1 heterocycles. The number of nitrogens with two attached hydrogens (primary N) is 1. The Bertz CT molecular complexity index is 1400. The number of para-hydroxylation sites is 1. The number of carbonyl (C=O) groups excluding carboxylic acids is 3. The highest BCUT2D eigenvalue weighted by Crippen LogP contribution is 2.37. The average Bonchev–Trinajstić information content (AvgIpc) is 3.22. The molecule has 2 amide bonds. The Morgan fingerprint density at radius 2 is 1.55 bits per heavy atom. The van der Waals surface area contributed by atoms with Gasteiger partial charge in [-0.3, -0.25) is 14.9 Å². The van der Waals surface area contributed by atoms with Gasteiger partial charge in [0.2, 0.25) is 5.91 Å². The average molecular weight is 530 g/mol. The van der Waals surface area contributed by atoms with E-state index < -0.39 is 12.0 Å². The van der Waals surface area contributed by atoms with Gasteiger partial charge in [-0.2, -0.15) is 0 Å². The first-order valence-corrected chi connectivity index (χ1v) is 13.5. The van der Waals surface area contributed by atoms with E-state index in [9.17, 15) is 14.4 Å². The summed E-state index contributed by atoms with van der Waals surface area (Å²) in [6.07, 6.45) is 0.529. The Kier molecular flexibility index (Phi) is 9.21. The molecule has 0 saturated heterocycles. The minimum Gasteiger partial charge on any atom is -0.444 e. The highest BCUT2D eigenvalue weighted by atomic mass is 32.2. The number of rotatable bonds is 11. The summed E-state index contributed by atoms with van der Waals surface area (Å²) in [5.74, 6) is 0.634.